The van der Waals surface area contributed by atoms with Gasteiger partial charge in [-0.1, -0.05) is 37.6 Å². The predicted molar refractivity (Wildman–Crippen MR) is 78.8 cm³/mol. The molecule has 0 aliphatic carbocycles. The molecule has 0 aliphatic heterocycles. The van der Waals surface area contributed by atoms with E-state index in [0.717, 1.165) is 5.56 Å². The predicted octanol–water partition coefficient (Wildman–Crippen LogP) is 3.21. The van der Waals surface area contributed by atoms with Gasteiger partial charge in [0.15, 0.2) is 5.82 Å². The van der Waals surface area contributed by atoms with Gasteiger partial charge in [0.2, 0.25) is 5.88 Å². The highest BCUT2D eigenvalue weighted by atomic mass is 35.5. The van der Waals surface area contributed by atoms with E-state index in [1.54, 1.807) is 30.3 Å². The second-order valence-corrected chi connectivity index (χ2v) is 5.07. The van der Waals surface area contributed by atoms with Crippen molar-refractivity contribution >= 4 is 11.6 Å². The topological polar surface area (TPSA) is 52.8 Å². The maximum absolute atomic E-state index is 5.94. The fraction of sp³-hybridized carbons (Fsp3) is 0.357. The van der Waals surface area contributed by atoms with Crippen molar-refractivity contribution in [2.75, 3.05) is 7.11 Å². The van der Waals surface area contributed by atoms with Crippen molar-refractivity contribution in [1.82, 2.24) is 19.7 Å². The van der Waals surface area contributed by atoms with E-state index in [2.05, 4.69) is 41.1 Å². The van der Waals surface area contributed by atoms with Crippen LogP contribution in [0.5, 0.6) is 5.88 Å². The Kier molecular flexibility index (Phi) is 4.74. The number of aromatic nitrogens is 4. The van der Waals surface area contributed by atoms with Gasteiger partial charge in [-0.2, -0.15) is 5.10 Å². The van der Waals surface area contributed by atoms with Crippen LogP contribution < -0.4 is 4.74 Å². The molecule has 20 heavy (non-hydrogen) atoms. The Labute approximate surface area is 123 Å². The smallest absolute Gasteiger partial charge is 0.215 e. The molecule has 0 bridgehead atoms. The van der Waals surface area contributed by atoms with Crippen LogP contribution in [0.25, 0.3) is 11.4 Å². The van der Waals surface area contributed by atoms with Gasteiger partial charge < -0.3 is 4.74 Å². The normalized spacial score (nSPS) is 11.4. The lowest BCUT2D eigenvalue weighted by Crippen LogP contribution is -1.96. The first-order chi connectivity index (χ1) is 9.58. The van der Waals surface area contributed by atoms with Gasteiger partial charge in [0.1, 0.15) is 11.5 Å². The minimum absolute atomic E-state index is 0.357. The number of allylic oxidation sites excluding steroid dienone is 2. The number of ether oxygens (including phenoxy) is 1. The third-order valence-electron chi connectivity index (χ3n) is 2.59. The summed E-state index contributed by atoms with van der Waals surface area (Å²) in [6.45, 7) is 4.96. The number of hydrogen-bond donors (Lipinski definition) is 0. The van der Waals surface area contributed by atoms with Gasteiger partial charge in [0.05, 0.1) is 13.7 Å². The van der Waals surface area contributed by atoms with Crippen molar-refractivity contribution in [1.29, 1.82) is 0 Å². The second kappa shape index (κ2) is 6.52. The van der Waals surface area contributed by atoms with Crippen molar-refractivity contribution in [3.63, 3.8) is 0 Å². The Hall–Kier alpha value is -1.88. The van der Waals surface area contributed by atoms with Gasteiger partial charge in [-0.15, -0.1) is 0 Å². The largest absolute Gasteiger partial charge is 0.481 e. The fourth-order valence-corrected chi connectivity index (χ4v) is 1.86. The highest BCUT2D eigenvalue weighted by molar-refractivity contribution is 6.29. The summed E-state index contributed by atoms with van der Waals surface area (Å²) in [5.41, 5.74) is 0.786. The maximum Gasteiger partial charge on any atom is 0.215 e. The first-order valence-electron chi connectivity index (χ1n) is 6.36. The highest BCUT2D eigenvalue weighted by Crippen LogP contribution is 2.22. The maximum atomic E-state index is 5.94. The SMILES string of the molecule is COc1cc(-c2ncn(C/C=C\C(C)C)n2)cc(Cl)n1. The van der Waals surface area contributed by atoms with Crippen LogP contribution in [0.15, 0.2) is 30.6 Å². The molecule has 2 rings (SSSR count). The molecule has 2 heterocycles. The molecule has 0 spiro atoms. The van der Waals surface area contributed by atoms with E-state index in [1.807, 2.05) is 0 Å². The summed E-state index contributed by atoms with van der Waals surface area (Å²) in [5, 5.41) is 4.76. The number of rotatable bonds is 5. The first kappa shape index (κ1) is 14.5. The zero-order valence-corrected chi connectivity index (χ0v) is 12.5. The molecule has 0 fully saturated rings. The molecule has 0 N–H and O–H groups in total. The lowest BCUT2D eigenvalue weighted by atomic mass is 10.2. The van der Waals surface area contributed by atoms with Gasteiger partial charge in [0, 0.05) is 11.6 Å². The van der Waals surface area contributed by atoms with Crippen molar-refractivity contribution in [2.24, 2.45) is 5.92 Å². The number of hydrogen-bond acceptors (Lipinski definition) is 4. The van der Waals surface area contributed by atoms with Crippen LogP contribution in [0.2, 0.25) is 5.15 Å². The average molecular weight is 293 g/mol. The van der Waals surface area contributed by atoms with Gasteiger partial charge in [-0.25, -0.2) is 14.6 Å². The van der Waals surface area contributed by atoms with E-state index < -0.39 is 0 Å². The molecule has 0 amide bonds. The molecule has 0 saturated heterocycles. The molecule has 5 nitrogen and oxygen atoms in total. The molecule has 2 aromatic rings. The second-order valence-electron chi connectivity index (χ2n) is 4.68. The van der Waals surface area contributed by atoms with Crippen molar-refractivity contribution in [2.45, 2.75) is 20.4 Å². The van der Waals surface area contributed by atoms with Crippen LogP contribution in [-0.2, 0) is 6.54 Å². The number of nitrogens with zero attached hydrogens (tertiary/aromatic N) is 4. The van der Waals surface area contributed by atoms with Gasteiger partial charge >= 0.3 is 0 Å². The number of halogens is 1. The summed E-state index contributed by atoms with van der Waals surface area (Å²) in [6.07, 6.45) is 5.90. The molecule has 0 atom stereocenters. The summed E-state index contributed by atoms with van der Waals surface area (Å²) in [4.78, 5) is 8.30. The number of methoxy groups -OCH3 is 1. The first-order valence-corrected chi connectivity index (χ1v) is 6.74. The van der Waals surface area contributed by atoms with E-state index in [4.69, 9.17) is 16.3 Å². The third kappa shape index (κ3) is 3.81. The summed E-state index contributed by atoms with van der Waals surface area (Å²) in [6, 6.07) is 3.48. The molecule has 0 unspecified atom stereocenters. The minimum atomic E-state index is 0.357. The summed E-state index contributed by atoms with van der Waals surface area (Å²) in [5.74, 6) is 1.58. The van der Waals surface area contributed by atoms with Crippen LogP contribution in [-0.4, -0.2) is 26.9 Å². The van der Waals surface area contributed by atoms with Crippen LogP contribution in [0.4, 0.5) is 0 Å². The summed E-state index contributed by atoms with van der Waals surface area (Å²) in [7, 11) is 1.55. The standard InChI is InChI=1S/C14H17ClN4O/c1-10(2)5-4-6-19-9-16-14(18-19)11-7-12(15)17-13(8-11)20-3/h4-5,7-10H,6H2,1-3H3/b5-4-. The Balaban J connectivity index is 2.18. The van der Waals surface area contributed by atoms with E-state index in [-0.39, 0.29) is 0 Å². The zero-order valence-electron chi connectivity index (χ0n) is 11.7. The Morgan fingerprint density at radius 2 is 2.20 bits per heavy atom. The van der Waals surface area contributed by atoms with Gasteiger partial charge in [-0.3, -0.25) is 0 Å². The summed E-state index contributed by atoms with van der Waals surface area (Å²) < 4.78 is 6.86. The van der Waals surface area contributed by atoms with Crippen molar-refractivity contribution in [3.05, 3.63) is 35.8 Å². The lowest BCUT2D eigenvalue weighted by Gasteiger charge is -2.01. The fourth-order valence-electron chi connectivity index (χ4n) is 1.66. The van der Waals surface area contributed by atoms with Crippen LogP contribution >= 0.6 is 11.6 Å². The zero-order chi connectivity index (χ0) is 14.5. The molecule has 2 aromatic heterocycles. The highest BCUT2D eigenvalue weighted by Gasteiger charge is 2.08. The van der Waals surface area contributed by atoms with Gasteiger partial charge in [-0.05, 0) is 12.0 Å². The van der Waals surface area contributed by atoms with Gasteiger partial charge in [0.25, 0.3) is 0 Å². The van der Waals surface area contributed by atoms with E-state index in [9.17, 15) is 0 Å². The van der Waals surface area contributed by atoms with E-state index >= 15 is 0 Å². The van der Waals surface area contributed by atoms with Crippen molar-refractivity contribution in [3.8, 4) is 17.3 Å². The molecule has 6 heteroatoms. The quantitative estimate of drug-likeness (QED) is 0.627. The Morgan fingerprint density at radius 1 is 1.40 bits per heavy atom. The van der Waals surface area contributed by atoms with E-state index in [0.29, 0.717) is 29.3 Å². The van der Waals surface area contributed by atoms with Crippen LogP contribution in [0, 0.1) is 5.92 Å². The van der Waals surface area contributed by atoms with E-state index in [1.165, 1.54) is 0 Å². The summed E-state index contributed by atoms with van der Waals surface area (Å²) >= 11 is 5.94. The Morgan fingerprint density at radius 3 is 2.90 bits per heavy atom. The molecular formula is C14H17ClN4O. The minimum Gasteiger partial charge on any atom is -0.481 e. The molecular weight excluding hydrogens is 276 g/mol. The van der Waals surface area contributed by atoms with Crippen LogP contribution in [0.1, 0.15) is 13.8 Å². The molecule has 106 valence electrons. The monoisotopic (exact) mass is 292 g/mol. The molecule has 0 radical (unpaired) electrons. The number of pyridine rings is 1. The van der Waals surface area contributed by atoms with Crippen molar-refractivity contribution < 1.29 is 4.74 Å². The average Bonchev–Trinajstić information content (AvgIpc) is 2.86. The third-order valence-corrected chi connectivity index (χ3v) is 2.78. The Bertz CT molecular complexity index is 607. The lowest BCUT2D eigenvalue weighted by molar-refractivity contribution is 0.398. The molecule has 0 aliphatic rings. The molecule has 0 aromatic carbocycles. The van der Waals surface area contributed by atoms with Crippen LogP contribution in [0.3, 0.4) is 0 Å². The molecule has 0 saturated carbocycles.